The molecule has 0 saturated heterocycles. The maximum Gasteiger partial charge on any atom is 0.261 e. The van der Waals surface area contributed by atoms with Gasteiger partial charge in [-0.15, -0.1) is 12.6 Å². The number of aryl methyl sites for hydroxylation is 1. The number of fused-ring (bicyclic) bond motifs is 1. The van der Waals surface area contributed by atoms with E-state index in [1.54, 1.807) is 26.5 Å². The number of hydrogen-bond acceptors (Lipinski definition) is 7. The van der Waals surface area contributed by atoms with E-state index in [1.165, 1.54) is 29.8 Å². The summed E-state index contributed by atoms with van der Waals surface area (Å²) < 4.78 is 7.63. The van der Waals surface area contributed by atoms with Crippen LogP contribution in [0.1, 0.15) is 18.7 Å². The monoisotopic (exact) mass is 421 g/mol. The highest BCUT2D eigenvalue weighted by molar-refractivity contribution is 7.80. The Morgan fingerprint density at radius 3 is 2.90 bits per heavy atom. The van der Waals surface area contributed by atoms with Crippen LogP contribution >= 0.6 is 12.6 Å². The van der Waals surface area contributed by atoms with Gasteiger partial charge in [0.05, 0.1) is 23.1 Å². The Hall–Kier alpha value is -3.13. The van der Waals surface area contributed by atoms with Crippen LogP contribution in [0.15, 0.2) is 46.5 Å². The van der Waals surface area contributed by atoms with Gasteiger partial charge in [-0.05, 0) is 37.0 Å². The second-order valence-electron chi connectivity index (χ2n) is 7.38. The number of nitrogens with one attached hydrogen (secondary N) is 2. The summed E-state index contributed by atoms with van der Waals surface area (Å²) in [6.07, 6.45) is 8.50. The van der Waals surface area contributed by atoms with E-state index in [4.69, 9.17) is 10.1 Å². The highest BCUT2D eigenvalue weighted by Gasteiger charge is 2.23. The quantitative estimate of drug-likeness (QED) is 0.402. The van der Waals surface area contributed by atoms with Gasteiger partial charge in [0, 0.05) is 54.9 Å². The van der Waals surface area contributed by atoms with E-state index >= 15 is 0 Å². The molecule has 1 aliphatic carbocycles. The second kappa shape index (κ2) is 8.31. The summed E-state index contributed by atoms with van der Waals surface area (Å²) in [6.45, 7) is 0.672. The molecule has 2 aromatic heterocycles. The molecule has 2 heterocycles. The molecule has 30 heavy (non-hydrogen) atoms. The van der Waals surface area contributed by atoms with Crippen LogP contribution in [-0.4, -0.2) is 34.4 Å². The van der Waals surface area contributed by atoms with Gasteiger partial charge in [-0.1, -0.05) is 0 Å². The van der Waals surface area contributed by atoms with Crippen LogP contribution < -0.4 is 15.6 Å². The fraction of sp³-hybridized carbons (Fsp3) is 0.273. The van der Waals surface area contributed by atoms with Crippen LogP contribution in [0.3, 0.4) is 0 Å². The van der Waals surface area contributed by atoms with E-state index in [9.17, 15) is 4.79 Å². The molecule has 0 aliphatic heterocycles. The molecule has 154 valence electrons. The number of nitrogens with zero attached hydrogens (tertiary/aromatic N) is 3. The first-order valence-electron chi connectivity index (χ1n) is 9.72. The van der Waals surface area contributed by atoms with Crippen LogP contribution in [0, 0.1) is 11.3 Å². The molecule has 0 radical (unpaired) electrons. The summed E-state index contributed by atoms with van der Waals surface area (Å²) in [5.74, 6) is 1.71. The number of rotatable bonds is 7. The molecule has 1 aliphatic rings. The average molecular weight is 422 g/mol. The fourth-order valence-corrected chi connectivity index (χ4v) is 3.46. The third kappa shape index (κ3) is 3.95. The van der Waals surface area contributed by atoms with Crippen molar-refractivity contribution in [1.29, 1.82) is 5.41 Å². The SMILES string of the molecule is CN/C=C(\C=N)c1ncc2c(=O)n(C)cc(-c3cc(S)ccc3OCC3CC3)c2n1. The Morgan fingerprint density at radius 2 is 2.20 bits per heavy atom. The molecule has 0 spiro atoms. The first-order chi connectivity index (χ1) is 14.5. The zero-order valence-electron chi connectivity index (χ0n) is 16.8. The van der Waals surface area contributed by atoms with Gasteiger partial charge in [0.25, 0.3) is 5.56 Å². The van der Waals surface area contributed by atoms with Crippen molar-refractivity contribution in [3.05, 3.63) is 53.0 Å². The van der Waals surface area contributed by atoms with Crippen LogP contribution in [0.25, 0.3) is 27.6 Å². The normalized spacial score (nSPS) is 14.0. The predicted octanol–water partition coefficient (Wildman–Crippen LogP) is 3.28. The number of hydrogen-bond donors (Lipinski definition) is 3. The Labute approximate surface area is 179 Å². The van der Waals surface area contributed by atoms with Gasteiger partial charge in [0.15, 0.2) is 5.82 Å². The standard InChI is InChI=1S/C22H23N5O2S/c1-24-9-14(8-23)21-25-10-17-20(26-21)18(11-27(2)22(17)28)16-7-15(30)5-6-19(16)29-12-13-3-4-13/h5-11,13,23-24,30H,3-4,12H2,1-2H3/b14-9+,23-8?. The summed E-state index contributed by atoms with van der Waals surface area (Å²) in [4.78, 5) is 22.5. The number of benzene rings is 1. The number of pyridine rings is 1. The maximum absolute atomic E-state index is 12.7. The molecule has 8 heteroatoms. The molecule has 1 saturated carbocycles. The van der Waals surface area contributed by atoms with E-state index < -0.39 is 0 Å². The molecule has 0 amide bonds. The number of thiol groups is 1. The Morgan fingerprint density at radius 1 is 1.40 bits per heavy atom. The Bertz CT molecular complexity index is 1210. The zero-order valence-corrected chi connectivity index (χ0v) is 17.7. The highest BCUT2D eigenvalue weighted by Crippen LogP contribution is 2.37. The summed E-state index contributed by atoms with van der Waals surface area (Å²) in [7, 11) is 3.45. The van der Waals surface area contributed by atoms with Crippen molar-refractivity contribution in [2.24, 2.45) is 13.0 Å². The fourth-order valence-electron chi connectivity index (χ4n) is 3.26. The van der Waals surface area contributed by atoms with Crippen molar-refractivity contribution in [3.8, 4) is 16.9 Å². The third-order valence-corrected chi connectivity index (χ3v) is 5.33. The minimum absolute atomic E-state index is 0.184. The van der Waals surface area contributed by atoms with Crippen molar-refractivity contribution in [2.75, 3.05) is 13.7 Å². The first kappa shape index (κ1) is 20.2. The molecule has 2 N–H and O–H groups in total. The smallest absolute Gasteiger partial charge is 0.261 e. The van der Waals surface area contributed by atoms with Crippen LogP contribution in [0.5, 0.6) is 5.75 Å². The molecule has 3 aromatic rings. The van der Waals surface area contributed by atoms with Gasteiger partial charge >= 0.3 is 0 Å². The van der Waals surface area contributed by atoms with Gasteiger partial charge in [-0.25, -0.2) is 9.97 Å². The lowest BCUT2D eigenvalue weighted by Gasteiger charge is -2.15. The van der Waals surface area contributed by atoms with Crippen LogP contribution in [-0.2, 0) is 7.05 Å². The molecule has 7 nitrogen and oxygen atoms in total. The lowest BCUT2D eigenvalue weighted by molar-refractivity contribution is 0.301. The van der Waals surface area contributed by atoms with E-state index in [0.29, 0.717) is 34.8 Å². The van der Waals surface area contributed by atoms with E-state index in [1.807, 2.05) is 18.2 Å². The van der Waals surface area contributed by atoms with Gasteiger partial charge in [0.2, 0.25) is 0 Å². The molecular weight excluding hydrogens is 398 g/mol. The molecule has 0 unspecified atom stereocenters. The van der Waals surface area contributed by atoms with Crippen molar-refractivity contribution in [2.45, 2.75) is 17.7 Å². The third-order valence-electron chi connectivity index (χ3n) is 5.06. The number of allylic oxidation sites excluding steroid dienone is 1. The maximum atomic E-state index is 12.7. The minimum atomic E-state index is -0.184. The molecule has 4 rings (SSSR count). The van der Waals surface area contributed by atoms with E-state index in [0.717, 1.165) is 21.8 Å². The van der Waals surface area contributed by atoms with Gasteiger partial charge in [-0.3, -0.25) is 4.79 Å². The van der Waals surface area contributed by atoms with Crippen molar-refractivity contribution < 1.29 is 4.74 Å². The summed E-state index contributed by atoms with van der Waals surface area (Å²) >= 11 is 4.50. The van der Waals surface area contributed by atoms with Gasteiger partial charge in [0.1, 0.15) is 5.75 Å². The summed E-state index contributed by atoms with van der Waals surface area (Å²) in [6, 6.07) is 5.72. The largest absolute Gasteiger partial charge is 0.493 e. The van der Waals surface area contributed by atoms with E-state index in [-0.39, 0.29) is 5.56 Å². The number of aromatic nitrogens is 3. The van der Waals surface area contributed by atoms with Crippen molar-refractivity contribution >= 4 is 35.3 Å². The van der Waals surface area contributed by atoms with Gasteiger partial charge < -0.3 is 20.0 Å². The molecule has 0 atom stereocenters. The van der Waals surface area contributed by atoms with Crippen LogP contribution in [0.2, 0.25) is 0 Å². The number of ether oxygens (including phenoxy) is 1. The van der Waals surface area contributed by atoms with Crippen molar-refractivity contribution in [3.63, 3.8) is 0 Å². The second-order valence-corrected chi connectivity index (χ2v) is 7.90. The molecular formula is C22H23N5O2S. The van der Waals surface area contributed by atoms with Crippen LogP contribution in [0.4, 0.5) is 0 Å². The summed E-state index contributed by atoms with van der Waals surface area (Å²) in [5.41, 5.74) is 2.42. The van der Waals surface area contributed by atoms with Crippen molar-refractivity contribution in [1.82, 2.24) is 19.9 Å². The Balaban J connectivity index is 1.95. The minimum Gasteiger partial charge on any atom is -0.493 e. The first-order valence-corrected chi connectivity index (χ1v) is 10.2. The predicted molar refractivity (Wildman–Crippen MR) is 122 cm³/mol. The zero-order chi connectivity index (χ0) is 21.3. The molecule has 1 aromatic carbocycles. The van der Waals surface area contributed by atoms with E-state index in [2.05, 4.69) is 27.9 Å². The van der Waals surface area contributed by atoms with Gasteiger partial charge in [-0.2, -0.15) is 0 Å². The molecule has 1 fully saturated rings. The highest BCUT2D eigenvalue weighted by atomic mass is 32.1. The Kier molecular flexibility index (Phi) is 5.59. The summed E-state index contributed by atoms with van der Waals surface area (Å²) in [5, 5.41) is 11.0. The topological polar surface area (TPSA) is 92.9 Å². The lowest BCUT2D eigenvalue weighted by atomic mass is 10.0. The lowest BCUT2D eigenvalue weighted by Crippen LogP contribution is -2.18. The molecule has 0 bridgehead atoms. The average Bonchev–Trinajstić information content (AvgIpc) is 3.58.